The summed E-state index contributed by atoms with van der Waals surface area (Å²) in [5.41, 5.74) is 16.5. The summed E-state index contributed by atoms with van der Waals surface area (Å²) >= 11 is 4.04. The predicted molar refractivity (Wildman–Crippen MR) is 131 cm³/mol. The van der Waals surface area contributed by atoms with Crippen LogP contribution in [0.5, 0.6) is 0 Å². The Morgan fingerprint density at radius 3 is 1.91 bits per heavy atom. The van der Waals surface area contributed by atoms with Gasteiger partial charge in [0.05, 0.1) is 6.04 Å². The fourth-order valence-electron chi connectivity index (χ4n) is 2.93. The van der Waals surface area contributed by atoms with Crippen molar-refractivity contribution >= 4 is 48.2 Å². The lowest BCUT2D eigenvalue weighted by atomic mass is 10.0. The first kappa shape index (κ1) is 31.9. The van der Waals surface area contributed by atoms with Crippen molar-refractivity contribution in [3.8, 4) is 0 Å². The van der Waals surface area contributed by atoms with Gasteiger partial charge in [-0.05, 0) is 31.6 Å². The second kappa shape index (κ2) is 16.5. The van der Waals surface area contributed by atoms with Crippen LogP contribution in [-0.2, 0) is 24.0 Å². The van der Waals surface area contributed by atoms with E-state index in [1.54, 1.807) is 0 Å². The zero-order chi connectivity index (χ0) is 27.1. The number of hydrogen-bond acceptors (Lipinski definition) is 8. The molecular formula is C20H37N7O7S. The highest BCUT2D eigenvalue weighted by Gasteiger charge is 2.30. The Balaban J connectivity index is 5.36. The zero-order valence-corrected chi connectivity index (χ0v) is 20.8. The van der Waals surface area contributed by atoms with Crippen molar-refractivity contribution in [3.63, 3.8) is 0 Å². The molecule has 0 aliphatic heterocycles. The van der Waals surface area contributed by atoms with E-state index in [9.17, 15) is 29.1 Å². The van der Waals surface area contributed by atoms with Crippen molar-refractivity contribution in [1.29, 1.82) is 0 Å². The molecule has 0 aromatic rings. The highest BCUT2D eigenvalue weighted by atomic mass is 32.1. The quantitative estimate of drug-likeness (QED) is 0.0431. The van der Waals surface area contributed by atoms with Gasteiger partial charge in [0.25, 0.3) is 0 Å². The van der Waals surface area contributed by atoms with Gasteiger partial charge < -0.3 is 43.4 Å². The van der Waals surface area contributed by atoms with Crippen molar-refractivity contribution in [2.75, 3.05) is 12.3 Å². The third-order valence-electron chi connectivity index (χ3n) is 4.72. The molecule has 0 saturated carbocycles. The smallest absolute Gasteiger partial charge is 0.326 e. The maximum absolute atomic E-state index is 12.9. The van der Waals surface area contributed by atoms with Crippen LogP contribution in [0.3, 0.4) is 0 Å². The third kappa shape index (κ3) is 14.0. The van der Waals surface area contributed by atoms with Crippen LogP contribution in [0.15, 0.2) is 4.99 Å². The molecule has 0 aliphatic carbocycles. The number of aliphatic carboxylic acids is 2. The molecule has 0 heterocycles. The van der Waals surface area contributed by atoms with Gasteiger partial charge in [0.15, 0.2) is 5.96 Å². The average Bonchev–Trinajstić information content (AvgIpc) is 2.75. The fourth-order valence-corrected chi connectivity index (χ4v) is 3.19. The van der Waals surface area contributed by atoms with E-state index in [0.29, 0.717) is 12.8 Å². The van der Waals surface area contributed by atoms with Crippen LogP contribution < -0.4 is 33.2 Å². The molecule has 4 atom stereocenters. The average molecular weight is 520 g/mol. The van der Waals surface area contributed by atoms with Crippen molar-refractivity contribution in [1.82, 2.24) is 16.0 Å². The number of rotatable bonds is 17. The number of hydrogen-bond donors (Lipinski definition) is 9. The second-order valence-corrected chi connectivity index (χ2v) is 8.69. The Hall–Kier alpha value is -3.07. The molecule has 3 amide bonds. The summed E-state index contributed by atoms with van der Waals surface area (Å²) in [5.74, 6) is -4.95. The fraction of sp³-hybridized carbons (Fsp3) is 0.700. The van der Waals surface area contributed by atoms with Crippen LogP contribution in [0.2, 0.25) is 0 Å². The highest BCUT2D eigenvalue weighted by Crippen LogP contribution is 2.06. The molecule has 0 bridgehead atoms. The first-order valence-corrected chi connectivity index (χ1v) is 11.7. The first-order valence-electron chi connectivity index (χ1n) is 11.1. The van der Waals surface area contributed by atoms with Gasteiger partial charge in [0.2, 0.25) is 17.7 Å². The van der Waals surface area contributed by atoms with Gasteiger partial charge in [-0.15, -0.1) is 0 Å². The van der Waals surface area contributed by atoms with Crippen LogP contribution in [-0.4, -0.2) is 82.3 Å². The Labute approximate surface area is 209 Å². The summed E-state index contributed by atoms with van der Waals surface area (Å²) in [7, 11) is 0. The van der Waals surface area contributed by atoms with E-state index in [2.05, 4.69) is 33.6 Å². The maximum atomic E-state index is 12.9. The van der Waals surface area contributed by atoms with Gasteiger partial charge >= 0.3 is 11.9 Å². The van der Waals surface area contributed by atoms with Gasteiger partial charge in [0, 0.05) is 18.7 Å². The van der Waals surface area contributed by atoms with Crippen LogP contribution in [0, 0.1) is 5.92 Å². The van der Waals surface area contributed by atoms with E-state index in [1.807, 2.05) is 13.8 Å². The summed E-state index contributed by atoms with van der Waals surface area (Å²) in [6.45, 7) is 3.98. The minimum absolute atomic E-state index is 0.125. The second-order valence-electron chi connectivity index (χ2n) is 8.32. The van der Waals surface area contributed by atoms with Gasteiger partial charge in [-0.2, -0.15) is 12.6 Å². The van der Waals surface area contributed by atoms with Crippen molar-refractivity contribution in [3.05, 3.63) is 0 Å². The maximum Gasteiger partial charge on any atom is 0.326 e. The molecule has 0 fully saturated rings. The normalized spacial score (nSPS) is 14.2. The Morgan fingerprint density at radius 2 is 1.43 bits per heavy atom. The number of carboxylic acid groups (broad SMARTS) is 2. The number of aliphatic imine (C=N–C) groups is 1. The molecule has 0 aliphatic rings. The highest BCUT2D eigenvalue weighted by molar-refractivity contribution is 7.80. The van der Waals surface area contributed by atoms with Crippen LogP contribution >= 0.6 is 12.6 Å². The molecule has 0 saturated heterocycles. The molecule has 14 nitrogen and oxygen atoms in total. The van der Waals surface area contributed by atoms with Crippen LogP contribution in [0.4, 0.5) is 0 Å². The first-order chi connectivity index (χ1) is 16.3. The van der Waals surface area contributed by atoms with Crippen LogP contribution in [0.1, 0.15) is 46.0 Å². The van der Waals surface area contributed by atoms with E-state index in [1.165, 1.54) is 0 Å². The summed E-state index contributed by atoms with van der Waals surface area (Å²) in [4.78, 5) is 63.8. The number of thiol groups is 1. The number of carboxylic acids is 2. The predicted octanol–water partition coefficient (Wildman–Crippen LogP) is -2.25. The number of carbonyl (C=O) groups excluding carboxylic acids is 3. The molecule has 0 radical (unpaired) electrons. The van der Waals surface area contributed by atoms with E-state index in [4.69, 9.17) is 22.3 Å². The number of nitrogens with two attached hydrogens (primary N) is 3. The van der Waals surface area contributed by atoms with Gasteiger partial charge in [-0.25, -0.2) is 4.79 Å². The lowest BCUT2D eigenvalue weighted by Crippen LogP contribution is -2.57. The molecule has 0 rings (SSSR count). The Morgan fingerprint density at radius 1 is 0.886 bits per heavy atom. The molecule has 35 heavy (non-hydrogen) atoms. The number of nitrogens with zero attached hydrogens (tertiary/aromatic N) is 1. The lowest BCUT2D eigenvalue weighted by Gasteiger charge is -2.24. The van der Waals surface area contributed by atoms with Crippen molar-refractivity contribution in [2.24, 2.45) is 28.1 Å². The van der Waals surface area contributed by atoms with Crippen molar-refractivity contribution < 1.29 is 34.2 Å². The molecule has 4 unspecified atom stereocenters. The zero-order valence-electron chi connectivity index (χ0n) is 19.9. The standard InChI is InChI=1S/C20H37N7O7S/c1-10(2)8-11(21)16(30)25-12(4-3-7-24-20(22)23)17(31)27-14(9-35)18(32)26-13(19(33)34)5-6-15(28)29/h10-14,35H,3-9,21H2,1-2H3,(H,25,30)(H,26,32)(H,27,31)(H,28,29)(H,33,34)(H4,22,23,24). The molecule has 11 N–H and O–H groups in total. The monoisotopic (exact) mass is 519 g/mol. The summed E-state index contributed by atoms with van der Waals surface area (Å²) in [6.07, 6.45) is 0.0169. The minimum Gasteiger partial charge on any atom is -0.481 e. The summed E-state index contributed by atoms with van der Waals surface area (Å²) in [6, 6.07) is -4.65. The van der Waals surface area contributed by atoms with E-state index >= 15 is 0 Å². The number of nitrogens with one attached hydrogen (secondary N) is 3. The largest absolute Gasteiger partial charge is 0.481 e. The number of carbonyl (C=O) groups is 5. The van der Waals surface area contributed by atoms with E-state index < -0.39 is 60.2 Å². The number of amides is 3. The molecule has 15 heteroatoms. The SMILES string of the molecule is CC(C)CC(N)C(=O)NC(CCCN=C(N)N)C(=O)NC(CS)C(=O)NC(CCC(=O)O)C(=O)O. The molecule has 0 spiro atoms. The Bertz CT molecular complexity index is 775. The van der Waals surface area contributed by atoms with Gasteiger partial charge in [-0.3, -0.25) is 24.2 Å². The molecular weight excluding hydrogens is 482 g/mol. The van der Waals surface area contributed by atoms with Gasteiger partial charge in [0.1, 0.15) is 18.1 Å². The molecule has 0 aromatic heterocycles. The van der Waals surface area contributed by atoms with Crippen LogP contribution in [0.25, 0.3) is 0 Å². The van der Waals surface area contributed by atoms with E-state index in [-0.39, 0.29) is 37.0 Å². The molecule has 0 aromatic carbocycles. The van der Waals surface area contributed by atoms with E-state index in [0.717, 1.165) is 0 Å². The van der Waals surface area contributed by atoms with Gasteiger partial charge in [-0.1, -0.05) is 13.8 Å². The lowest BCUT2D eigenvalue weighted by molar-refractivity contribution is -0.143. The number of guanidine groups is 1. The summed E-state index contributed by atoms with van der Waals surface area (Å²) in [5, 5.41) is 25.2. The topological polar surface area (TPSA) is 252 Å². The molecule has 200 valence electrons. The minimum atomic E-state index is -1.47. The summed E-state index contributed by atoms with van der Waals surface area (Å²) < 4.78 is 0. The Kier molecular flexibility index (Phi) is 15.1. The van der Waals surface area contributed by atoms with Crippen molar-refractivity contribution in [2.45, 2.75) is 70.1 Å². The third-order valence-corrected chi connectivity index (χ3v) is 5.08.